The summed E-state index contributed by atoms with van der Waals surface area (Å²) in [6.07, 6.45) is 3.35. The second kappa shape index (κ2) is 9.73. The van der Waals surface area contributed by atoms with Crippen LogP contribution >= 0.6 is 0 Å². The van der Waals surface area contributed by atoms with Gasteiger partial charge in [-0.1, -0.05) is 12.0 Å². The Labute approximate surface area is 190 Å². The maximum atomic E-state index is 12.8. The number of rotatable bonds is 7. The van der Waals surface area contributed by atoms with E-state index in [-0.39, 0.29) is 42.6 Å². The number of Topliss-reactive ketones (excluding diaryl/α,β-unsaturated/α-hetero) is 1. The first-order valence-electron chi connectivity index (χ1n) is 9.98. The number of benzene rings is 2. The summed E-state index contributed by atoms with van der Waals surface area (Å²) in [6.45, 7) is 2.91. The highest BCUT2D eigenvalue weighted by molar-refractivity contribution is 6.12. The van der Waals surface area contributed by atoms with Crippen LogP contribution in [0.4, 0.5) is 5.69 Å². The number of ether oxygens (including phenoxy) is 3. The minimum absolute atomic E-state index is 0.0307. The number of methoxy groups -OCH3 is 1. The molecule has 9 nitrogen and oxygen atoms in total. The zero-order valence-electron chi connectivity index (χ0n) is 18.4. The molecule has 2 N–H and O–H groups in total. The quantitative estimate of drug-likeness (QED) is 0.215. The minimum atomic E-state index is -0.753. The summed E-state index contributed by atoms with van der Waals surface area (Å²) in [7, 11) is 1.36. The van der Waals surface area contributed by atoms with Gasteiger partial charge in [0.2, 0.25) is 11.5 Å². The molecule has 0 atom stereocenters. The number of aliphatic hydroxyl groups excluding tert-OH is 2. The number of fused-ring (bicyclic) bond motifs is 1. The molecule has 0 radical (unpaired) electrons. The number of carbonyl (C=O) groups excluding carboxylic acids is 1. The highest BCUT2D eigenvalue weighted by atomic mass is 16.6. The van der Waals surface area contributed by atoms with Crippen molar-refractivity contribution in [3.8, 4) is 29.1 Å². The van der Waals surface area contributed by atoms with Crippen LogP contribution in [0.15, 0.2) is 30.3 Å². The maximum Gasteiger partial charge on any atom is 0.312 e. The molecule has 0 saturated carbocycles. The SMILES string of the molecule is COc1c(C(=O)C#CCOc2ccc(CO)c(CO)c2)cc([N+](=O)[O-])c2c1C=CC(C)(C)O2. The predicted octanol–water partition coefficient (Wildman–Crippen LogP) is 3.04. The Morgan fingerprint density at radius 2 is 1.94 bits per heavy atom. The molecule has 0 fully saturated rings. The summed E-state index contributed by atoms with van der Waals surface area (Å²) in [5, 5.41) is 30.2. The predicted molar refractivity (Wildman–Crippen MR) is 119 cm³/mol. The standard InChI is InChI=1S/C24H23NO8/c1-24(2)9-8-18-22(31-3)19(12-20(25(29)30)23(18)33-24)21(28)5-4-10-32-17-7-6-15(13-26)16(11-17)14-27/h6-9,11-12,26-27H,10,13-14H2,1-3H3. The van der Waals surface area contributed by atoms with Gasteiger partial charge in [-0.2, -0.15) is 0 Å². The Balaban J connectivity index is 1.86. The number of nitrogens with zero attached hydrogens (tertiary/aromatic N) is 1. The van der Waals surface area contributed by atoms with Gasteiger partial charge in [0.25, 0.3) is 0 Å². The Hall–Kier alpha value is -3.87. The molecule has 1 heterocycles. The molecule has 1 aliphatic heterocycles. The Kier molecular flexibility index (Phi) is 7.01. The van der Waals surface area contributed by atoms with Crippen molar-refractivity contribution in [2.75, 3.05) is 13.7 Å². The van der Waals surface area contributed by atoms with Crippen molar-refractivity contribution in [2.45, 2.75) is 32.7 Å². The number of nitro groups is 1. The number of ketones is 1. The highest BCUT2D eigenvalue weighted by Crippen LogP contribution is 2.45. The molecule has 33 heavy (non-hydrogen) atoms. The fraction of sp³-hybridized carbons (Fsp3) is 0.292. The molecule has 2 aromatic rings. The molecule has 0 aromatic heterocycles. The third-order valence-electron chi connectivity index (χ3n) is 4.94. The van der Waals surface area contributed by atoms with E-state index in [1.165, 1.54) is 7.11 Å². The molecule has 0 aliphatic carbocycles. The van der Waals surface area contributed by atoms with Gasteiger partial charge in [0, 0.05) is 6.07 Å². The minimum Gasteiger partial charge on any atom is -0.495 e. The van der Waals surface area contributed by atoms with Crippen molar-refractivity contribution in [1.29, 1.82) is 0 Å². The van der Waals surface area contributed by atoms with Gasteiger partial charge in [0.1, 0.15) is 23.7 Å². The fourth-order valence-corrected chi connectivity index (χ4v) is 3.31. The summed E-state index contributed by atoms with van der Waals surface area (Å²) >= 11 is 0. The van der Waals surface area contributed by atoms with Crippen molar-refractivity contribution in [1.82, 2.24) is 0 Å². The lowest BCUT2D eigenvalue weighted by Crippen LogP contribution is -2.28. The van der Waals surface area contributed by atoms with Crippen LogP contribution in [0.2, 0.25) is 0 Å². The molecule has 0 unspecified atom stereocenters. The molecule has 9 heteroatoms. The summed E-state index contributed by atoms with van der Waals surface area (Å²) < 4.78 is 16.6. The molecular formula is C24H23NO8. The van der Waals surface area contributed by atoms with E-state index in [0.29, 0.717) is 22.4 Å². The topological polar surface area (TPSA) is 128 Å². The van der Waals surface area contributed by atoms with Gasteiger partial charge in [-0.05, 0) is 55.2 Å². The van der Waals surface area contributed by atoms with E-state index in [1.54, 1.807) is 44.2 Å². The lowest BCUT2D eigenvalue weighted by atomic mass is 9.97. The van der Waals surface area contributed by atoms with E-state index < -0.39 is 16.3 Å². The van der Waals surface area contributed by atoms with Crippen LogP contribution in [0.1, 0.15) is 40.9 Å². The largest absolute Gasteiger partial charge is 0.495 e. The van der Waals surface area contributed by atoms with E-state index in [1.807, 2.05) is 0 Å². The average Bonchev–Trinajstić information content (AvgIpc) is 2.79. The van der Waals surface area contributed by atoms with Gasteiger partial charge in [-0.3, -0.25) is 14.9 Å². The van der Waals surface area contributed by atoms with E-state index >= 15 is 0 Å². The van der Waals surface area contributed by atoms with Crippen molar-refractivity contribution >= 4 is 17.5 Å². The van der Waals surface area contributed by atoms with Crippen molar-refractivity contribution < 1.29 is 34.1 Å². The summed E-state index contributed by atoms with van der Waals surface area (Å²) in [4.78, 5) is 23.8. The third-order valence-corrected chi connectivity index (χ3v) is 4.94. The van der Waals surface area contributed by atoms with E-state index in [0.717, 1.165) is 6.07 Å². The molecule has 3 rings (SSSR count). The molecule has 0 amide bonds. The Morgan fingerprint density at radius 1 is 1.21 bits per heavy atom. The van der Waals surface area contributed by atoms with Crippen LogP contribution in [-0.2, 0) is 13.2 Å². The van der Waals surface area contributed by atoms with E-state index in [4.69, 9.17) is 14.2 Å². The molecule has 2 aromatic carbocycles. The van der Waals surface area contributed by atoms with Gasteiger partial charge in [-0.25, -0.2) is 0 Å². The Morgan fingerprint density at radius 3 is 2.58 bits per heavy atom. The molecule has 172 valence electrons. The maximum absolute atomic E-state index is 12.8. The van der Waals surface area contributed by atoms with E-state index in [9.17, 15) is 25.1 Å². The average molecular weight is 453 g/mol. The van der Waals surface area contributed by atoms with E-state index in [2.05, 4.69) is 11.8 Å². The van der Waals surface area contributed by atoms with Crippen LogP contribution in [0.5, 0.6) is 17.2 Å². The van der Waals surface area contributed by atoms with Gasteiger partial charge < -0.3 is 24.4 Å². The van der Waals surface area contributed by atoms with Crippen molar-refractivity contribution in [2.24, 2.45) is 0 Å². The van der Waals surface area contributed by atoms with Crippen molar-refractivity contribution in [3.63, 3.8) is 0 Å². The normalized spacial score (nSPS) is 13.2. The lowest BCUT2D eigenvalue weighted by molar-refractivity contribution is -0.386. The number of hydrogen-bond donors (Lipinski definition) is 2. The number of hydrogen-bond acceptors (Lipinski definition) is 8. The smallest absolute Gasteiger partial charge is 0.312 e. The molecule has 1 aliphatic rings. The summed E-state index contributed by atoms with van der Waals surface area (Å²) in [5.74, 6) is 4.89. The second-order valence-corrected chi connectivity index (χ2v) is 7.68. The number of nitro benzene ring substituents is 1. The molecule has 0 spiro atoms. The fourth-order valence-electron chi connectivity index (χ4n) is 3.31. The van der Waals surface area contributed by atoms with Crippen molar-refractivity contribution in [3.05, 3.63) is 62.7 Å². The number of carbonyl (C=O) groups is 1. The number of aliphatic hydroxyl groups is 2. The lowest BCUT2D eigenvalue weighted by Gasteiger charge is -2.28. The molecule has 0 saturated heterocycles. The van der Waals surface area contributed by atoms with Crippen LogP contribution in [0.25, 0.3) is 6.08 Å². The van der Waals surface area contributed by atoms with Gasteiger partial charge in [-0.15, -0.1) is 0 Å². The first-order valence-corrected chi connectivity index (χ1v) is 9.98. The summed E-state index contributed by atoms with van der Waals surface area (Å²) in [6, 6.07) is 5.90. The Bertz CT molecular complexity index is 1190. The highest BCUT2D eigenvalue weighted by Gasteiger charge is 2.33. The zero-order valence-corrected chi connectivity index (χ0v) is 18.4. The first kappa shape index (κ1) is 23.8. The van der Waals surface area contributed by atoms with Crippen LogP contribution in [-0.4, -0.2) is 40.2 Å². The molecule has 0 bridgehead atoms. The van der Waals surface area contributed by atoms with Gasteiger partial charge in [0.15, 0.2) is 0 Å². The van der Waals surface area contributed by atoms with Crippen LogP contribution < -0.4 is 14.2 Å². The van der Waals surface area contributed by atoms with Crippen LogP contribution in [0.3, 0.4) is 0 Å². The summed E-state index contributed by atoms with van der Waals surface area (Å²) in [5.41, 5.74) is 0.227. The van der Waals surface area contributed by atoms with Gasteiger partial charge in [0.05, 0.1) is 36.4 Å². The second-order valence-electron chi connectivity index (χ2n) is 7.68. The third kappa shape index (κ3) is 5.14. The van der Waals surface area contributed by atoms with Crippen LogP contribution in [0, 0.1) is 22.0 Å². The first-order chi connectivity index (χ1) is 15.7. The molecular weight excluding hydrogens is 430 g/mol. The van der Waals surface area contributed by atoms with Gasteiger partial charge >= 0.3 is 5.69 Å². The zero-order chi connectivity index (χ0) is 24.2. The monoisotopic (exact) mass is 453 g/mol.